The lowest BCUT2D eigenvalue weighted by molar-refractivity contribution is 0.233. The zero-order valence-electron chi connectivity index (χ0n) is 7.08. The van der Waals surface area contributed by atoms with Gasteiger partial charge in [0, 0.05) is 5.02 Å². The van der Waals surface area contributed by atoms with Crippen LogP contribution in [0.15, 0.2) is 23.2 Å². The molecule has 0 saturated carbocycles. The van der Waals surface area contributed by atoms with Gasteiger partial charge in [0.25, 0.3) is 0 Å². The summed E-state index contributed by atoms with van der Waals surface area (Å²) >= 11 is 5.74. The summed E-state index contributed by atoms with van der Waals surface area (Å²) in [5, 5.41) is 9.06. The van der Waals surface area contributed by atoms with Gasteiger partial charge in [-0.15, -0.1) is 0 Å². The van der Waals surface area contributed by atoms with E-state index in [0.29, 0.717) is 10.7 Å². The Kier molecular flexibility index (Phi) is 3.11. The van der Waals surface area contributed by atoms with Crippen LogP contribution >= 0.6 is 11.6 Å². The standard InChI is InChI=1S/C8H10ClN3O/c1-5-4-6(9)2-3-7(5)11-8(10)12-13/h2-4,13H,1H3,(H3,10,11,12). The first-order chi connectivity index (χ1) is 6.13. The molecule has 1 aromatic rings. The summed E-state index contributed by atoms with van der Waals surface area (Å²) in [5.74, 6) is -0.0505. The van der Waals surface area contributed by atoms with Crippen molar-refractivity contribution in [2.24, 2.45) is 10.7 Å². The molecule has 5 heteroatoms. The third kappa shape index (κ3) is 2.61. The van der Waals surface area contributed by atoms with Gasteiger partial charge in [-0.05, 0) is 30.7 Å². The van der Waals surface area contributed by atoms with Gasteiger partial charge < -0.3 is 5.73 Å². The molecule has 1 rings (SSSR count). The fraction of sp³-hybridized carbons (Fsp3) is 0.125. The van der Waals surface area contributed by atoms with Gasteiger partial charge in [-0.2, -0.15) is 0 Å². The zero-order valence-corrected chi connectivity index (χ0v) is 7.84. The Morgan fingerprint density at radius 2 is 2.31 bits per heavy atom. The average molecular weight is 200 g/mol. The third-order valence-corrected chi connectivity index (χ3v) is 1.75. The molecule has 0 saturated heterocycles. The van der Waals surface area contributed by atoms with Crippen LogP contribution in [0.25, 0.3) is 0 Å². The minimum Gasteiger partial charge on any atom is -0.368 e. The molecule has 0 aliphatic heterocycles. The predicted octanol–water partition coefficient (Wildman–Crippen LogP) is 1.57. The highest BCUT2D eigenvalue weighted by Crippen LogP contribution is 2.21. The average Bonchev–Trinajstić information content (AvgIpc) is 2.09. The zero-order chi connectivity index (χ0) is 9.84. The number of hydrogen-bond donors (Lipinski definition) is 3. The van der Waals surface area contributed by atoms with Crippen molar-refractivity contribution in [3.8, 4) is 0 Å². The summed E-state index contributed by atoms with van der Waals surface area (Å²) in [7, 11) is 0. The van der Waals surface area contributed by atoms with Gasteiger partial charge in [-0.25, -0.2) is 10.5 Å². The first kappa shape index (κ1) is 9.83. The summed E-state index contributed by atoms with van der Waals surface area (Å²) in [4.78, 5) is 3.89. The molecule has 0 unspecified atom stereocenters. The molecule has 4 nitrogen and oxygen atoms in total. The van der Waals surface area contributed by atoms with Crippen molar-refractivity contribution in [2.45, 2.75) is 6.92 Å². The van der Waals surface area contributed by atoms with E-state index in [1.54, 1.807) is 23.7 Å². The first-order valence-electron chi connectivity index (χ1n) is 3.64. The number of aliphatic imine (C=N–C) groups is 1. The van der Waals surface area contributed by atoms with Gasteiger partial charge in [0.05, 0.1) is 5.69 Å². The molecule has 70 valence electrons. The minimum absolute atomic E-state index is 0.0505. The van der Waals surface area contributed by atoms with Crippen molar-refractivity contribution in [1.29, 1.82) is 0 Å². The molecule has 0 aromatic heterocycles. The molecule has 4 N–H and O–H groups in total. The van der Waals surface area contributed by atoms with Crippen LogP contribution in [0.1, 0.15) is 5.56 Å². The molecule has 0 bridgehead atoms. The Hall–Kier alpha value is -1.26. The second-order valence-electron chi connectivity index (χ2n) is 2.54. The Morgan fingerprint density at radius 1 is 1.62 bits per heavy atom. The predicted molar refractivity (Wildman–Crippen MR) is 52.4 cm³/mol. The van der Waals surface area contributed by atoms with Gasteiger partial charge >= 0.3 is 0 Å². The van der Waals surface area contributed by atoms with E-state index in [0.717, 1.165) is 5.56 Å². The molecule has 0 fully saturated rings. The van der Waals surface area contributed by atoms with Crippen molar-refractivity contribution < 1.29 is 5.21 Å². The van der Waals surface area contributed by atoms with Gasteiger partial charge in [0.15, 0.2) is 0 Å². The van der Waals surface area contributed by atoms with Crippen molar-refractivity contribution >= 4 is 23.2 Å². The number of rotatable bonds is 1. The van der Waals surface area contributed by atoms with Crippen molar-refractivity contribution in [2.75, 3.05) is 0 Å². The maximum atomic E-state index is 8.41. The number of guanidine groups is 1. The van der Waals surface area contributed by atoms with Gasteiger partial charge in [-0.3, -0.25) is 5.21 Å². The van der Waals surface area contributed by atoms with Crippen LogP contribution in [0.3, 0.4) is 0 Å². The molecule has 0 heterocycles. The van der Waals surface area contributed by atoms with Crippen LogP contribution < -0.4 is 11.2 Å². The highest BCUT2D eigenvalue weighted by molar-refractivity contribution is 6.30. The number of nitrogens with one attached hydrogen (secondary N) is 1. The van der Waals surface area contributed by atoms with Crippen molar-refractivity contribution in [3.63, 3.8) is 0 Å². The van der Waals surface area contributed by atoms with E-state index in [4.69, 9.17) is 22.5 Å². The van der Waals surface area contributed by atoms with Crippen LogP contribution in [0, 0.1) is 6.92 Å². The Labute approximate surface area is 81.0 Å². The largest absolute Gasteiger partial charge is 0.368 e. The molecule has 0 aliphatic rings. The van der Waals surface area contributed by atoms with Gasteiger partial charge in [-0.1, -0.05) is 11.6 Å². The lowest BCUT2D eigenvalue weighted by Gasteiger charge is -2.01. The maximum Gasteiger partial charge on any atom is 0.218 e. The Morgan fingerprint density at radius 3 is 2.85 bits per heavy atom. The molecule has 0 atom stereocenters. The quantitative estimate of drug-likeness (QED) is 0.365. The topological polar surface area (TPSA) is 70.6 Å². The molecule has 0 radical (unpaired) electrons. The van der Waals surface area contributed by atoms with Crippen LogP contribution in [0.2, 0.25) is 5.02 Å². The number of nitrogens with two attached hydrogens (primary N) is 1. The van der Waals surface area contributed by atoms with E-state index in [1.807, 2.05) is 6.92 Å². The number of hydroxylamine groups is 1. The maximum absolute atomic E-state index is 8.41. The molecular weight excluding hydrogens is 190 g/mol. The van der Waals surface area contributed by atoms with Crippen LogP contribution in [0.4, 0.5) is 5.69 Å². The fourth-order valence-corrected chi connectivity index (χ4v) is 1.13. The molecule has 0 amide bonds. The summed E-state index contributed by atoms with van der Waals surface area (Å²) in [6.07, 6.45) is 0. The molecule has 0 aliphatic carbocycles. The SMILES string of the molecule is Cc1cc(Cl)ccc1N=C(N)NO. The Balaban J connectivity index is 3.03. The fourth-order valence-electron chi connectivity index (χ4n) is 0.899. The highest BCUT2D eigenvalue weighted by atomic mass is 35.5. The summed E-state index contributed by atoms with van der Waals surface area (Å²) < 4.78 is 0. The smallest absolute Gasteiger partial charge is 0.218 e. The van der Waals surface area contributed by atoms with Crippen LogP contribution in [-0.2, 0) is 0 Å². The van der Waals surface area contributed by atoms with E-state index >= 15 is 0 Å². The number of benzene rings is 1. The number of aryl methyl sites for hydroxylation is 1. The second-order valence-corrected chi connectivity index (χ2v) is 2.98. The number of nitrogens with zero attached hydrogens (tertiary/aromatic N) is 1. The van der Waals surface area contributed by atoms with Crippen molar-refractivity contribution in [3.05, 3.63) is 28.8 Å². The van der Waals surface area contributed by atoms with E-state index in [2.05, 4.69) is 4.99 Å². The van der Waals surface area contributed by atoms with E-state index in [9.17, 15) is 0 Å². The summed E-state index contributed by atoms with van der Waals surface area (Å²) in [6, 6.07) is 5.20. The third-order valence-electron chi connectivity index (χ3n) is 1.51. The number of hydrogen-bond acceptors (Lipinski definition) is 2. The lowest BCUT2D eigenvalue weighted by Crippen LogP contribution is -2.27. The Bertz CT molecular complexity index is 338. The second kappa shape index (κ2) is 4.11. The van der Waals surface area contributed by atoms with E-state index in [-0.39, 0.29) is 5.96 Å². The van der Waals surface area contributed by atoms with Crippen molar-refractivity contribution in [1.82, 2.24) is 5.48 Å². The highest BCUT2D eigenvalue weighted by Gasteiger charge is 1.97. The molecule has 0 spiro atoms. The van der Waals surface area contributed by atoms with E-state index < -0.39 is 0 Å². The summed E-state index contributed by atoms with van der Waals surface area (Å²) in [6.45, 7) is 1.86. The first-order valence-corrected chi connectivity index (χ1v) is 4.01. The number of halogens is 1. The van der Waals surface area contributed by atoms with Gasteiger partial charge in [0.1, 0.15) is 0 Å². The normalized spacial score (nSPS) is 11.5. The molecule has 13 heavy (non-hydrogen) atoms. The van der Waals surface area contributed by atoms with E-state index in [1.165, 1.54) is 0 Å². The molecule has 1 aromatic carbocycles. The van der Waals surface area contributed by atoms with Crippen LogP contribution in [0.5, 0.6) is 0 Å². The monoisotopic (exact) mass is 199 g/mol. The minimum atomic E-state index is -0.0505. The molecular formula is C8H10ClN3O. The van der Waals surface area contributed by atoms with Crippen LogP contribution in [-0.4, -0.2) is 11.2 Å². The van der Waals surface area contributed by atoms with Gasteiger partial charge in [0.2, 0.25) is 5.96 Å². The summed E-state index contributed by atoms with van der Waals surface area (Å²) in [5.41, 5.74) is 8.58. The lowest BCUT2D eigenvalue weighted by atomic mass is 10.2.